The number of carbonyl (C=O) groups excluding carboxylic acids is 1. The van der Waals surface area contributed by atoms with E-state index in [0.717, 1.165) is 37.3 Å². The molecule has 3 rings (SSSR count). The summed E-state index contributed by atoms with van der Waals surface area (Å²) in [6, 6.07) is 11.8. The van der Waals surface area contributed by atoms with Crippen LogP contribution in [0.1, 0.15) is 15.9 Å². The number of nitrogens with one attached hydrogen (secondary N) is 1. The van der Waals surface area contributed by atoms with Crippen LogP contribution in [0, 0.1) is 11.6 Å². The third kappa shape index (κ3) is 4.48. The zero-order valence-corrected chi connectivity index (χ0v) is 15.0. The van der Waals surface area contributed by atoms with Crippen molar-refractivity contribution >= 4 is 23.6 Å². The zero-order valence-electron chi connectivity index (χ0n) is 14.2. The van der Waals surface area contributed by atoms with Crippen LogP contribution in [0.2, 0.25) is 5.02 Å². The number of carbonyl (C=O) groups is 1. The van der Waals surface area contributed by atoms with Gasteiger partial charge in [-0.3, -0.25) is 4.79 Å². The van der Waals surface area contributed by atoms with Crippen molar-refractivity contribution in [1.82, 2.24) is 4.90 Å². The molecule has 1 heterocycles. The molecule has 136 valence electrons. The summed E-state index contributed by atoms with van der Waals surface area (Å²) in [4.78, 5) is 15.5. The molecule has 0 unspecified atom stereocenters. The molecule has 26 heavy (non-hydrogen) atoms. The van der Waals surface area contributed by atoms with Crippen LogP contribution < -0.4 is 4.90 Å². The molecule has 0 aromatic heterocycles. The summed E-state index contributed by atoms with van der Waals surface area (Å²) >= 11 is 5.90. The lowest BCUT2D eigenvalue weighted by Gasteiger charge is -2.32. The van der Waals surface area contributed by atoms with E-state index in [2.05, 4.69) is 12.2 Å². The van der Waals surface area contributed by atoms with E-state index in [9.17, 15) is 13.6 Å². The molecule has 6 heteroatoms. The fourth-order valence-corrected chi connectivity index (χ4v) is 3.24. The fraction of sp³-hybridized carbons (Fsp3) is 0.250. The van der Waals surface area contributed by atoms with E-state index in [-0.39, 0.29) is 16.5 Å². The van der Waals surface area contributed by atoms with Crippen LogP contribution in [0.4, 0.5) is 8.78 Å². The number of nitrogens with zero attached hydrogens (tertiary/aromatic N) is 1. The monoisotopic (exact) mass is 377 g/mol. The molecule has 0 atom stereocenters. The Morgan fingerprint density at radius 3 is 2.46 bits per heavy atom. The Labute approximate surface area is 156 Å². The SMILES string of the molecule is O=C(c1cc(F)c(F)cc1Cl)N1CC[NH+](C/C=C/c2ccccc2)CC1. The first-order valence-electron chi connectivity index (χ1n) is 8.53. The second-order valence-corrected chi connectivity index (χ2v) is 6.71. The van der Waals surface area contributed by atoms with Crippen molar-refractivity contribution in [2.24, 2.45) is 0 Å². The molecule has 0 aliphatic carbocycles. The summed E-state index contributed by atoms with van der Waals surface area (Å²) < 4.78 is 26.6. The molecule has 0 spiro atoms. The molecule has 1 amide bonds. The van der Waals surface area contributed by atoms with Crippen LogP contribution >= 0.6 is 11.6 Å². The predicted octanol–water partition coefficient (Wildman–Crippen LogP) is 2.67. The molecular weight excluding hydrogens is 358 g/mol. The van der Waals surface area contributed by atoms with Crippen molar-refractivity contribution in [1.29, 1.82) is 0 Å². The van der Waals surface area contributed by atoms with Gasteiger partial charge in [-0.05, 0) is 23.8 Å². The molecule has 1 fully saturated rings. The molecule has 0 radical (unpaired) electrons. The van der Waals surface area contributed by atoms with Gasteiger partial charge in [-0.15, -0.1) is 0 Å². The van der Waals surface area contributed by atoms with Crippen molar-refractivity contribution in [3.8, 4) is 0 Å². The van der Waals surface area contributed by atoms with Crippen molar-refractivity contribution in [2.45, 2.75) is 0 Å². The van der Waals surface area contributed by atoms with Gasteiger partial charge >= 0.3 is 0 Å². The van der Waals surface area contributed by atoms with Gasteiger partial charge in [-0.25, -0.2) is 8.78 Å². The highest BCUT2D eigenvalue weighted by Gasteiger charge is 2.26. The van der Waals surface area contributed by atoms with E-state index in [1.165, 1.54) is 4.90 Å². The number of hydrogen-bond donors (Lipinski definition) is 1. The summed E-state index contributed by atoms with van der Waals surface area (Å²) in [5, 5.41) is -0.0607. The van der Waals surface area contributed by atoms with E-state index >= 15 is 0 Å². The van der Waals surface area contributed by atoms with Gasteiger partial charge in [-0.2, -0.15) is 0 Å². The van der Waals surface area contributed by atoms with Crippen LogP contribution in [0.25, 0.3) is 6.08 Å². The highest BCUT2D eigenvalue weighted by Crippen LogP contribution is 2.21. The van der Waals surface area contributed by atoms with Crippen molar-refractivity contribution in [2.75, 3.05) is 32.7 Å². The standard InChI is InChI=1S/C20H19ClF2N2O/c21-17-14-19(23)18(22)13-16(17)20(26)25-11-9-24(10-12-25)8-4-7-15-5-2-1-3-6-15/h1-7,13-14H,8-12H2/p+1/b7-4+. The van der Waals surface area contributed by atoms with Crippen LogP contribution in [0.5, 0.6) is 0 Å². The van der Waals surface area contributed by atoms with Crippen molar-refractivity contribution < 1.29 is 18.5 Å². The quantitative estimate of drug-likeness (QED) is 0.814. The van der Waals surface area contributed by atoms with Gasteiger partial charge < -0.3 is 9.80 Å². The second kappa shape index (κ2) is 8.43. The topological polar surface area (TPSA) is 24.8 Å². The van der Waals surface area contributed by atoms with Gasteiger partial charge in [-0.1, -0.05) is 48.0 Å². The number of benzene rings is 2. The van der Waals surface area contributed by atoms with Crippen LogP contribution in [0.15, 0.2) is 48.5 Å². The first-order chi connectivity index (χ1) is 12.5. The zero-order chi connectivity index (χ0) is 18.5. The lowest BCUT2D eigenvalue weighted by Crippen LogP contribution is -3.14. The molecule has 3 nitrogen and oxygen atoms in total. The Morgan fingerprint density at radius 1 is 1.12 bits per heavy atom. The molecule has 1 aliphatic heterocycles. The van der Waals surface area contributed by atoms with Crippen LogP contribution in [0.3, 0.4) is 0 Å². The summed E-state index contributed by atoms with van der Waals surface area (Å²) in [5.41, 5.74) is 1.17. The average Bonchev–Trinajstić information content (AvgIpc) is 2.66. The van der Waals surface area contributed by atoms with E-state index in [1.807, 2.05) is 30.3 Å². The molecule has 1 saturated heterocycles. The lowest BCUT2D eigenvalue weighted by atomic mass is 10.1. The largest absolute Gasteiger partial charge is 0.329 e. The van der Waals surface area contributed by atoms with E-state index < -0.39 is 11.6 Å². The highest BCUT2D eigenvalue weighted by atomic mass is 35.5. The smallest absolute Gasteiger partial charge is 0.255 e. The molecule has 2 aromatic carbocycles. The molecule has 2 aromatic rings. The Balaban J connectivity index is 1.54. The van der Waals surface area contributed by atoms with Gasteiger partial charge in [0, 0.05) is 0 Å². The lowest BCUT2D eigenvalue weighted by molar-refractivity contribution is -0.898. The third-order valence-electron chi connectivity index (χ3n) is 4.51. The number of quaternary nitrogens is 1. The number of halogens is 3. The minimum Gasteiger partial charge on any atom is -0.329 e. The van der Waals surface area contributed by atoms with Gasteiger partial charge in [0.15, 0.2) is 11.6 Å². The molecular formula is C20H20ClF2N2O+. The first kappa shape index (κ1) is 18.5. The normalized spacial score (nSPS) is 15.6. The van der Waals surface area contributed by atoms with Crippen molar-refractivity contribution in [3.05, 3.63) is 76.3 Å². The van der Waals surface area contributed by atoms with Gasteiger partial charge in [0.1, 0.15) is 0 Å². The predicted molar refractivity (Wildman–Crippen MR) is 98.3 cm³/mol. The van der Waals surface area contributed by atoms with Gasteiger partial charge in [0.05, 0.1) is 43.3 Å². The Hall–Kier alpha value is -2.24. The van der Waals surface area contributed by atoms with Crippen LogP contribution in [-0.2, 0) is 0 Å². The Bertz CT molecular complexity index is 803. The summed E-state index contributed by atoms with van der Waals surface area (Å²) in [5.74, 6) is -2.47. The van der Waals surface area contributed by atoms with Crippen LogP contribution in [-0.4, -0.2) is 43.5 Å². The average molecular weight is 378 g/mol. The van der Waals surface area contributed by atoms with E-state index in [4.69, 9.17) is 11.6 Å². The summed E-state index contributed by atoms with van der Waals surface area (Å²) in [6.45, 7) is 3.59. The Kier molecular flexibility index (Phi) is 6.01. The number of rotatable bonds is 4. The maximum Gasteiger partial charge on any atom is 0.255 e. The molecule has 0 saturated carbocycles. The molecule has 1 N–H and O–H groups in total. The minimum atomic E-state index is -1.06. The van der Waals surface area contributed by atoms with E-state index in [0.29, 0.717) is 13.1 Å². The first-order valence-corrected chi connectivity index (χ1v) is 8.91. The number of piperazine rings is 1. The second-order valence-electron chi connectivity index (χ2n) is 6.31. The number of amides is 1. The fourth-order valence-electron chi connectivity index (χ4n) is 3.01. The number of hydrogen-bond acceptors (Lipinski definition) is 1. The van der Waals surface area contributed by atoms with Crippen molar-refractivity contribution in [3.63, 3.8) is 0 Å². The third-order valence-corrected chi connectivity index (χ3v) is 4.83. The maximum atomic E-state index is 13.4. The Morgan fingerprint density at radius 2 is 1.77 bits per heavy atom. The van der Waals surface area contributed by atoms with Gasteiger partial charge in [0.25, 0.3) is 5.91 Å². The molecule has 0 bridgehead atoms. The highest BCUT2D eigenvalue weighted by molar-refractivity contribution is 6.33. The summed E-state index contributed by atoms with van der Waals surface area (Å²) in [7, 11) is 0. The maximum absolute atomic E-state index is 13.4. The molecule has 1 aliphatic rings. The van der Waals surface area contributed by atoms with E-state index in [1.54, 1.807) is 4.90 Å². The van der Waals surface area contributed by atoms with Gasteiger partial charge in [0.2, 0.25) is 0 Å². The summed E-state index contributed by atoms with van der Waals surface area (Å²) in [6.07, 6.45) is 4.22. The minimum absolute atomic E-state index is 0.0120.